The average molecular weight is 266 g/mol. The van der Waals surface area contributed by atoms with Crippen LogP contribution in [0.4, 0.5) is 5.95 Å². The third kappa shape index (κ3) is 2.78. The number of aromatic nitrogens is 2. The van der Waals surface area contributed by atoms with Gasteiger partial charge in [-0.05, 0) is 24.0 Å². The summed E-state index contributed by atoms with van der Waals surface area (Å²) >= 11 is 5.81. The van der Waals surface area contributed by atoms with Crippen molar-refractivity contribution in [1.82, 2.24) is 9.55 Å². The minimum absolute atomic E-state index is 0.180. The van der Waals surface area contributed by atoms with Crippen LogP contribution >= 0.6 is 11.6 Å². The molecule has 0 saturated heterocycles. The van der Waals surface area contributed by atoms with E-state index in [1.54, 1.807) is 0 Å². The van der Waals surface area contributed by atoms with Crippen LogP contribution in [-0.2, 0) is 7.05 Å². The predicted octanol–water partition coefficient (Wildman–Crippen LogP) is 3.64. The maximum absolute atomic E-state index is 5.81. The predicted molar refractivity (Wildman–Crippen MR) is 78.3 cm³/mol. The Hall–Kier alpha value is -1.22. The first-order valence-corrected chi connectivity index (χ1v) is 6.78. The molecule has 18 heavy (non-hydrogen) atoms. The molecule has 1 aromatic heterocycles. The van der Waals surface area contributed by atoms with Crippen molar-refractivity contribution in [3.63, 3.8) is 0 Å². The molecule has 0 amide bonds. The van der Waals surface area contributed by atoms with Gasteiger partial charge in [0, 0.05) is 19.5 Å². The Morgan fingerprint density at radius 3 is 2.72 bits per heavy atom. The van der Waals surface area contributed by atoms with E-state index in [0.29, 0.717) is 5.88 Å². The number of aryl methyl sites for hydroxylation is 1. The van der Waals surface area contributed by atoms with Crippen LogP contribution in [0.15, 0.2) is 24.3 Å². The van der Waals surface area contributed by atoms with E-state index >= 15 is 0 Å². The topological polar surface area (TPSA) is 29.9 Å². The number of fused-ring (bicyclic) bond motifs is 1. The number of hydrogen-bond acceptors (Lipinski definition) is 2. The van der Waals surface area contributed by atoms with Crippen LogP contribution in [0, 0.1) is 5.41 Å². The third-order valence-electron chi connectivity index (χ3n) is 3.28. The lowest BCUT2D eigenvalue weighted by atomic mass is 9.90. The molecule has 0 saturated carbocycles. The zero-order chi connectivity index (χ0) is 13.2. The standard InChI is InChI=1S/C14H20ClN3/c1-14(2,8-9-15)10-16-13-17-11-6-4-5-7-12(11)18(13)3/h4-7H,8-10H2,1-3H3,(H,16,17). The lowest BCUT2D eigenvalue weighted by molar-refractivity contribution is 0.378. The Morgan fingerprint density at radius 2 is 2.06 bits per heavy atom. The fraction of sp³-hybridized carbons (Fsp3) is 0.500. The minimum Gasteiger partial charge on any atom is -0.355 e. The lowest BCUT2D eigenvalue weighted by Gasteiger charge is -2.24. The summed E-state index contributed by atoms with van der Waals surface area (Å²) < 4.78 is 2.09. The zero-order valence-electron chi connectivity index (χ0n) is 11.2. The van der Waals surface area contributed by atoms with Gasteiger partial charge in [-0.1, -0.05) is 26.0 Å². The van der Waals surface area contributed by atoms with Gasteiger partial charge in [0.05, 0.1) is 11.0 Å². The second kappa shape index (κ2) is 5.19. The van der Waals surface area contributed by atoms with Crippen LogP contribution in [0.25, 0.3) is 11.0 Å². The van der Waals surface area contributed by atoms with Crippen molar-refractivity contribution in [3.05, 3.63) is 24.3 Å². The van der Waals surface area contributed by atoms with Gasteiger partial charge in [0.2, 0.25) is 5.95 Å². The highest BCUT2D eigenvalue weighted by Crippen LogP contribution is 2.23. The molecule has 0 aliphatic rings. The number of alkyl halides is 1. The molecule has 0 bridgehead atoms. The van der Waals surface area contributed by atoms with Crippen LogP contribution < -0.4 is 5.32 Å². The minimum atomic E-state index is 0.180. The van der Waals surface area contributed by atoms with E-state index in [9.17, 15) is 0 Å². The van der Waals surface area contributed by atoms with E-state index in [1.807, 2.05) is 25.2 Å². The van der Waals surface area contributed by atoms with Gasteiger partial charge >= 0.3 is 0 Å². The van der Waals surface area contributed by atoms with Crippen molar-refractivity contribution in [2.75, 3.05) is 17.7 Å². The second-order valence-corrected chi connectivity index (χ2v) is 5.82. The fourth-order valence-electron chi connectivity index (χ4n) is 1.97. The first-order chi connectivity index (χ1) is 8.53. The van der Waals surface area contributed by atoms with Gasteiger partial charge < -0.3 is 9.88 Å². The Kier molecular flexibility index (Phi) is 3.81. The number of rotatable bonds is 5. The highest BCUT2D eigenvalue weighted by Gasteiger charge is 2.18. The van der Waals surface area contributed by atoms with Crippen LogP contribution in [-0.4, -0.2) is 22.0 Å². The molecule has 4 heteroatoms. The largest absolute Gasteiger partial charge is 0.355 e. The number of nitrogens with zero attached hydrogens (tertiary/aromatic N) is 2. The highest BCUT2D eigenvalue weighted by atomic mass is 35.5. The molecule has 0 radical (unpaired) electrons. The summed E-state index contributed by atoms with van der Waals surface area (Å²) in [5, 5.41) is 3.42. The molecular formula is C14H20ClN3. The molecular weight excluding hydrogens is 246 g/mol. The van der Waals surface area contributed by atoms with E-state index in [-0.39, 0.29) is 5.41 Å². The molecule has 98 valence electrons. The zero-order valence-corrected chi connectivity index (χ0v) is 12.0. The monoisotopic (exact) mass is 265 g/mol. The normalized spacial score (nSPS) is 12.0. The van der Waals surface area contributed by atoms with Crippen molar-refractivity contribution >= 4 is 28.6 Å². The van der Waals surface area contributed by atoms with Crippen LogP contribution in [0.1, 0.15) is 20.3 Å². The van der Waals surface area contributed by atoms with Crippen LogP contribution in [0.3, 0.4) is 0 Å². The molecule has 2 rings (SSSR count). The van der Waals surface area contributed by atoms with Crippen molar-refractivity contribution in [3.8, 4) is 0 Å². The summed E-state index contributed by atoms with van der Waals surface area (Å²) in [6, 6.07) is 8.16. The van der Waals surface area contributed by atoms with Crippen molar-refractivity contribution in [2.24, 2.45) is 12.5 Å². The second-order valence-electron chi connectivity index (χ2n) is 5.44. The molecule has 1 N–H and O–H groups in total. The SMILES string of the molecule is Cn1c(NCC(C)(C)CCCl)nc2ccccc21. The summed E-state index contributed by atoms with van der Waals surface area (Å²) in [5.74, 6) is 1.61. The lowest BCUT2D eigenvalue weighted by Crippen LogP contribution is -2.24. The summed E-state index contributed by atoms with van der Waals surface area (Å²) in [6.45, 7) is 5.30. The molecule has 0 aliphatic carbocycles. The Morgan fingerprint density at radius 1 is 1.33 bits per heavy atom. The van der Waals surface area contributed by atoms with Gasteiger partial charge in [-0.25, -0.2) is 4.98 Å². The maximum Gasteiger partial charge on any atom is 0.203 e. The number of para-hydroxylation sites is 2. The van der Waals surface area contributed by atoms with E-state index in [0.717, 1.165) is 29.9 Å². The van der Waals surface area contributed by atoms with Gasteiger partial charge in [0.25, 0.3) is 0 Å². The van der Waals surface area contributed by atoms with Crippen LogP contribution in [0.5, 0.6) is 0 Å². The summed E-state index contributed by atoms with van der Waals surface area (Å²) in [5.41, 5.74) is 2.35. The smallest absolute Gasteiger partial charge is 0.203 e. The number of hydrogen-bond donors (Lipinski definition) is 1. The molecule has 0 fully saturated rings. The Labute approximate surface area is 113 Å². The molecule has 1 heterocycles. The number of nitrogens with one attached hydrogen (secondary N) is 1. The van der Waals surface area contributed by atoms with E-state index in [1.165, 1.54) is 0 Å². The maximum atomic E-state index is 5.81. The number of imidazole rings is 1. The van der Waals surface area contributed by atoms with Gasteiger partial charge in [0.15, 0.2) is 0 Å². The molecule has 0 spiro atoms. The molecule has 3 nitrogen and oxygen atoms in total. The van der Waals surface area contributed by atoms with Crippen molar-refractivity contribution in [2.45, 2.75) is 20.3 Å². The van der Waals surface area contributed by atoms with Gasteiger partial charge in [-0.3, -0.25) is 0 Å². The number of benzene rings is 1. The first kappa shape index (κ1) is 13.2. The number of anilines is 1. The van der Waals surface area contributed by atoms with E-state index in [4.69, 9.17) is 11.6 Å². The molecule has 1 aromatic carbocycles. The van der Waals surface area contributed by atoms with Gasteiger partial charge in [0.1, 0.15) is 0 Å². The van der Waals surface area contributed by atoms with Crippen molar-refractivity contribution < 1.29 is 0 Å². The summed E-state index contributed by atoms with van der Waals surface area (Å²) in [7, 11) is 2.03. The molecule has 0 aliphatic heterocycles. The van der Waals surface area contributed by atoms with E-state index < -0.39 is 0 Å². The quantitative estimate of drug-likeness (QED) is 0.837. The number of halogens is 1. The van der Waals surface area contributed by atoms with Crippen molar-refractivity contribution in [1.29, 1.82) is 0 Å². The average Bonchev–Trinajstić information content (AvgIpc) is 2.65. The first-order valence-electron chi connectivity index (χ1n) is 6.25. The third-order valence-corrected chi connectivity index (χ3v) is 3.47. The van der Waals surface area contributed by atoms with E-state index in [2.05, 4.69) is 34.8 Å². The fourth-order valence-corrected chi connectivity index (χ4v) is 2.48. The summed E-state index contributed by atoms with van der Waals surface area (Å²) in [6.07, 6.45) is 0.992. The Balaban J connectivity index is 2.15. The molecule has 2 aromatic rings. The van der Waals surface area contributed by atoms with Gasteiger partial charge in [-0.2, -0.15) is 0 Å². The van der Waals surface area contributed by atoms with Gasteiger partial charge in [-0.15, -0.1) is 11.6 Å². The summed E-state index contributed by atoms with van der Waals surface area (Å²) in [4.78, 5) is 4.59. The molecule has 0 atom stereocenters. The van der Waals surface area contributed by atoms with Crippen LogP contribution in [0.2, 0.25) is 0 Å². The highest BCUT2D eigenvalue weighted by molar-refractivity contribution is 6.17. The Bertz CT molecular complexity index is 531. The molecule has 0 unspecified atom stereocenters.